The van der Waals surface area contributed by atoms with Crippen molar-refractivity contribution in [3.8, 4) is 0 Å². The molecule has 0 radical (unpaired) electrons. The number of alkyl carbamates (subject to hydrolysis) is 1. The maximum Gasteiger partial charge on any atom is 0.408 e. The number of esters is 1. The molecule has 2 aromatic rings. The van der Waals surface area contributed by atoms with Crippen molar-refractivity contribution in [2.24, 2.45) is 5.92 Å². The van der Waals surface area contributed by atoms with Gasteiger partial charge in [0.05, 0.1) is 0 Å². The zero-order valence-electron chi connectivity index (χ0n) is 30.5. The van der Waals surface area contributed by atoms with E-state index in [9.17, 15) is 19.2 Å². The Morgan fingerprint density at radius 3 is 1.91 bits per heavy atom. The molecule has 0 saturated carbocycles. The number of nitrogens with zero attached hydrogens (tertiary/aromatic N) is 1. The summed E-state index contributed by atoms with van der Waals surface area (Å²) in [7, 11) is 0. The molecule has 0 aliphatic rings. The van der Waals surface area contributed by atoms with Gasteiger partial charge in [0.1, 0.15) is 29.3 Å². The Morgan fingerprint density at radius 1 is 0.787 bits per heavy atom. The van der Waals surface area contributed by atoms with Crippen LogP contribution in [0.5, 0.6) is 0 Å². The predicted octanol–water partition coefficient (Wildman–Crippen LogP) is 6.98. The Hall–Kier alpha value is -3.88. The van der Waals surface area contributed by atoms with E-state index in [4.69, 9.17) is 9.47 Å². The summed E-state index contributed by atoms with van der Waals surface area (Å²) in [5.41, 5.74) is 1.77. The van der Waals surface area contributed by atoms with E-state index in [1.54, 1.807) is 53.4 Å². The van der Waals surface area contributed by atoms with Gasteiger partial charge in [0.15, 0.2) is 0 Å². The van der Waals surface area contributed by atoms with Crippen molar-refractivity contribution in [3.05, 3.63) is 70.8 Å². The second kappa shape index (κ2) is 16.8. The molecular formula is C38H57N3O6. The molecule has 0 spiro atoms. The highest BCUT2D eigenvalue weighted by Crippen LogP contribution is 2.30. The number of hydrogen-bond acceptors (Lipinski definition) is 6. The Kier molecular flexibility index (Phi) is 14.0. The first-order valence-corrected chi connectivity index (χ1v) is 16.6. The number of carbonyl (C=O) groups excluding carboxylic acids is 4. The van der Waals surface area contributed by atoms with Crippen LogP contribution in [0.1, 0.15) is 110 Å². The molecule has 2 aromatic carbocycles. The maximum absolute atomic E-state index is 14.6. The summed E-state index contributed by atoms with van der Waals surface area (Å²) in [6.45, 7) is 22.2. The van der Waals surface area contributed by atoms with Crippen LogP contribution in [0.25, 0.3) is 0 Å². The van der Waals surface area contributed by atoms with E-state index in [2.05, 4.69) is 24.5 Å². The van der Waals surface area contributed by atoms with Crippen molar-refractivity contribution in [1.29, 1.82) is 0 Å². The SMILES string of the molecule is Cc1ccc(C(C(=O)NC(Cc2ccccc2)C(=O)OC(C)(C)C)N(C(=O)C(C)NC(=O)OC(C)(C)C)C(C)CCC(C)C)c(C)c1. The third-order valence-electron chi connectivity index (χ3n) is 7.53. The minimum absolute atomic E-state index is 0.203. The number of aryl methyl sites for hydroxylation is 2. The molecule has 3 amide bonds. The highest BCUT2D eigenvalue weighted by atomic mass is 16.6. The average Bonchev–Trinajstić information content (AvgIpc) is 2.93. The lowest BCUT2D eigenvalue weighted by molar-refractivity contribution is -0.159. The first-order chi connectivity index (χ1) is 21.7. The first-order valence-electron chi connectivity index (χ1n) is 16.6. The lowest BCUT2D eigenvalue weighted by Crippen LogP contribution is -2.56. The van der Waals surface area contributed by atoms with Gasteiger partial charge in [-0.1, -0.05) is 67.9 Å². The number of hydrogen-bond donors (Lipinski definition) is 2. The maximum atomic E-state index is 14.6. The molecule has 47 heavy (non-hydrogen) atoms. The molecule has 0 fully saturated rings. The van der Waals surface area contributed by atoms with Crippen LogP contribution in [0.4, 0.5) is 4.79 Å². The van der Waals surface area contributed by atoms with Gasteiger partial charge in [-0.05, 0) is 105 Å². The van der Waals surface area contributed by atoms with E-state index < -0.39 is 59.2 Å². The van der Waals surface area contributed by atoms with Crippen LogP contribution < -0.4 is 10.6 Å². The molecule has 2 rings (SSSR count). The fourth-order valence-electron chi connectivity index (χ4n) is 5.30. The van der Waals surface area contributed by atoms with Gasteiger partial charge in [-0.25, -0.2) is 9.59 Å². The molecule has 9 heteroatoms. The quantitative estimate of drug-likeness (QED) is 0.226. The number of carbonyl (C=O) groups is 4. The Bertz CT molecular complexity index is 1360. The molecule has 4 unspecified atom stereocenters. The number of nitrogens with one attached hydrogen (secondary N) is 2. The molecule has 2 N–H and O–H groups in total. The summed E-state index contributed by atoms with van der Waals surface area (Å²) in [5, 5.41) is 5.64. The molecule has 0 aromatic heterocycles. The fourth-order valence-corrected chi connectivity index (χ4v) is 5.30. The normalized spacial score (nSPS) is 14.4. The Balaban J connectivity index is 2.66. The van der Waals surface area contributed by atoms with Crippen LogP contribution in [0.3, 0.4) is 0 Å². The van der Waals surface area contributed by atoms with Gasteiger partial charge < -0.3 is 25.0 Å². The molecule has 260 valence electrons. The molecule has 4 atom stereocenters. The van der Waals surface area contributed by atoms with Gasteiger partial charge in [-0.3, -0.25) is 9.59 Å². The minimum Gasteiger partial charge on any atom is -0.458 e. The molecule has 0 saturated heterocycles. The van der Waals surface area contributed by atoms with Gasteiger partial charge >= 0.3 is 12.1 Å². The summed E-state index contributed by atoms with van der Waals surface area (Å²) in [4.78, 5) is 56.9. The molecule has 0 heterocycles. The number of benzene rings is 2. The lowest BCUT2D eigenvalue weighted by atomic mass is 9.93. The average molecular weight is 652 g/mol. The first kappa shape index (κ1) is 39.3. The van der Waals surface area contributed by atoms with E-state index in [0.29, 0.717) is 17.9 Å². The summed E-state index contributed by atoms with van der Waals surface area (Å²) in [6, 6.07) is 11.6. The molecule has 9 nitrogen and oxygen atoms in total. The zero-order chi connectivity index (χ0) is 35.7. The third kappa shape index (κ3) is 13.0. The molecule has 0 aliphatic heterocycles. The summed E-state index contributed by atoms with van der Waals surface area (Å²) in [5.74, 6) is -1.16. The minimum atomic E-state index is -1.10. The second-order valence-corrected chi connectivity index (χ2v) is 15.0. The van der Waals surface area contributed by atoms with Crippen molar-refractivity contribution in [2.75, 3.05) is 0 Å². The largest absolute Gasteiger partial charge is 0.458 e. The van der Waals surface area contributed by atoms with Crippen LogP contribution in [0.2, 0.25) is 0 Å². The van der Waals surface area contributed by atoms with E-state index in [0.717, 1.165) is 23.1 Å². The summed E-state index contributed by atoms with van der Waals surface area (Å²) in [6.07, 6.45) is 0.911. The van der Waals surface area contributed by atoms with Crippen LogP contribution in [-0.2, 0) is 30.3 Å². The number of ether oxygens (including phenoxy) is 2. The third-order valence-corrected chi connectivity index (χ3v) is 7.53. The van der Waals surface area contributed by atoms with Crippen molar-refractivity contribution in [2.45, 2.75) is 138 Å². The summed E-state index contributed by atoms with van der Waals surface area (Å²) < 4.78 is 11.2. The van der Waals surface area contributed by atoms with Gasteiger partial charge in [0.25, 0.3) is 0 Å². The molecule has 0 aliphatic carbocycles. The van der Waals surface area contributed by atoms with Crippen molar-refractivity contribution in [3.63, 3.8) is 0 Å². The molecular weight excluding hydrogens is 594 g/mol. The number of rotatable bonds is 13. The van der Waals surface area contributed by atoms with Gasteiger partial charge in [-0.2, -0.15) is 0 Å². The van der Waals surface area contributed by atoms with Crippen LogP contribution in [-0.4, -0.2) is 58.1 Å². The molecule has 0 bridgehead atoms. The number of amides is 3. The summed E-state index contributed by atoms with van der Waals surface area (Å²) >= 11 is 0. The van der Waals surface area contributed by atoms with Crippen LogP contribution in [0.15, 0.2) is 48.5 Å². The van der Waals surface area contributed by atoms with Gasteiger partial charge in [-0.15, -0.1) is 0 Å². The Morgan fingerprint density at radius 2 is 1.38 bits per heavy atom. The van der Waals surface area contributed by atoms with Crippen LogP contribution >= 0.6 is 0 Å². The van der Waals surface area contributed by atoms with Gasteiger partial charge in [0, 0.05) is 12.5 Å². The monoisotopic (exact) mass is 651 g/mol. The van der Waals surface area contributed by atoms with E-state index in [-0.39, 0.29) is 6.42 Å². The van der Waals surface area contributed by atoms with Crippen LogP contribution in [0, 0.1) is 19.8 Å². The van der Waals surface area contributed by atoms with E-state index in [1.165, 1.54) is 0 Å². The van der Waals surface area contributed by atoms with Gasteiger partial charge in [0.2, 0.25) is 11.8 Å². The lowest BCUT2D eigenvalue weighted by Gasteiger charge is -2.39. The van der Waals surface area contributed by atoms with Crippen molar-refractivity contribution in [1.82, 2.24) is 15.5 Å². The second-order valence-electron chi connectivity index (χ2n) is 15.0. The fraction of sp³-hybridized carbons (Fsp3) is 0.579. The smallest absolute Gasteiger partial charge is 0.408 e. The highest BCUT2D eigenvalue weighted by Gasteiger charge is 2.40. The topological polar surface area (TPSA) is 114 Å². The van der Waals surface area contributed by atoms with E-state index >= 15 is 0 Å². The standard InChI is InChI=1S/C38H57N3O6/c1-24(2)18-20-27(5)41(34(43)28(6)39-36(45)47-38(10,11)12)32(30-21-19-25(3)22-26(30)4)33(42)40-31(35(44)46-37(7,8)9)23-29-16-14-13-15-17-29/h13-17,19,21-22,24,27-28,31-32H,18,20,23H2,1-12H3,(H,39,45)(H,40,42). The van der Waals surface area contributed by atoms with Crippen molar-refractivity contribution < 1.29 is 28.7 Å². The predicted molar refractivity (Wildman–Crippen MR) is 186 cm³/mol. The van der Waals surface area contributed by atoms with Crippen molar-refractivity contribution >= 4 is 23.9 Å². The zero-order valence-corrected chi connectivity index (χ0v) is 30.5. The van der Waals surface area contributed by atoms with E-state index in [1.807, 2.05) is 69.3 Å². The highest BCUT2D eigenvalue weighted by molar-refractivity contribution is 5.94. The Labute approximate surface area is 282 Å².